The number of hydrogen-bond acceptors (Lipinski definition) is 2. The van der Waals surface area contributed by atoms with E-state index in [1.54, 1.807) is 0 Å². The lowest BCUT2D eigenvalue weighted by molar-refractivity contribution is -0.136. The van der Waals surface area contributed by atoms with E-state index < -0.39 is 0 Å². The third kappa shape index (κ3) is 3.47. The molecule has 8 saturated carbocycles. The van der Waals surface area contributed by atoms with E-state index in [0.717, 1.165) is 36.0 Å². The summed E-state index contributed by atoms with van der Waals surface area (Å²) in [6.45, 7) is 0. The van der Waals surface area contributed by atoms with Crippen molar-refractivity contribution >= 4 is 27.7 Å². The van der Waals surface area contributed by atoms with E-state index in [-0.39, 0.29) is 27.0 Å². The average molecular weight is 463 g/mol. The molecule has 0 heterocycles. The van der Waals surface area contributed by atoms with Crippen molar-refractivity contribution in [3.63, 3.8) is 0 Å². The van der Waals surface area contributed by atoms with Crippen LogP contribution in [0.1, 0.15) is 89.9 Å². The summed E-state index contributed by atoms with van der Waals surface area (Å²) in [7, 11) is 0. The molecule has 5 heteroatoms. The van der Waals surface area contributed by atoms with Crippen LogP contribution < -0.4 is 10.9 Å². The maximum atomic E-state index is 12.8. The van der Waals surface area contributed by atoms with Gasteiger partial charge >= 0.3 is 0 Å². The van der Waals surface area contributed by atoms with Crippen LogP contribution in [-0.2, 0) is 9.59 Å². The molecule has 0 aromatic heterocycles. The molecule has 29 heavy (non-hydrogen) atoms. The lowest BCUT2D eigenvalue weighted by atomic mass is 9.48. The van der Waals surface area contributed by atoms with Gasteiger partial charge in [-0.1, -0.05) is 15.9 Å². The SMILES string of the molecule is O=C(CC12CC3CC(CC(C3)C1)C2)NNC(=O)CC12CC3CC(CC(Br)(C3)C1)C2. The fourth-order valence-corrected chi connectivity index (χ4v) is 11.5. The summed E-state index contributed by atoms with van der Waals surface area (Å²) in [4.78, 5) is 25.5. The molecule has 0 aromatic carbocycles. The first-order chi connectivity index (χ1) is 13.8. The summed E-state index contributed by atoms with van der Waals surface area (Å²) in [6.07, 6.45) is 16.5. The van der Waals surface area contributed by atoms with Gasteiger partial charge < -0.3 is 0 Å². The Morgan fingerprint density at radius 3 is 1.55 bits per heavy atom. The first-order valence-corrected chi connectivity index (χ1v) is 12.9. The molecule has 0 aromatic rings. The number of hydrazine groups is 1. The molecule has 4 nitrogen and oxygen atoms in total. The maximum Gasteiger partial charge on any atom is 0.238 e. The minimum Gasteiger partial charge on any atom is -0.273 e. The second kappa shape index (κ2) is 6.46. The second-order valence-electron chi connectivity index (χ2n) is 12.5. The zero-order valence-corrected chi connectivity index (χ0v) is 19.1. The van der Waals surface area contributed by atoms with E-state index in [2.05, 4.69) is 26.8 Å². The number of rotatable bonds is 4. The monoisotopic (exact) mass is 462 g/mol. The molecule has 0 spiro atoms. The van der Waals surface area contributed by atoms with Gasteiger partial charge in [0.05, 0.1) is 0 Å². The van der Waals surface area contributed by atoms with Gasteiger partial charge in [0.25, 0.3) is 0 Å². The van der Waals surface area contributed by atoms with Crippen LogP contribution in [-0.4, -0.2) is 16.1 Å². The van der Waals surface area contributed by atoms with E-state index in [1.807, 2.05) is 0 Å². The van der Waals surface area contributed by atoms with Gasteiger partial charge in [0.15, 0.2) is 0 Å². The summed E-state index contributed by atoms with van der Waals surface area (Å²) in [5.74, 6) is 4.19. The van der Waals surface area contributed by atoms with Gasteiger partial charge in [-0.25, -0.2) is 0 Å². The Morgan fingerprint density at radius 2 is 1.07 bits per heavy atom. The third-order valence-electron chi connectivity index (χ3n) is 9.69. The number of carbonyl (C=O) groups excluding carboxylic acids is 2. The summed E-state index contributed by atoms with van der Waals surface area (Å²) in [6, 6.07) is 0. The van der Waals surface area contributed by atoms with Crippen molar-refractivity contribution in [1.29, 1.82) is 0 Å². The highest BCUT2D eigenvalue weighted by Crippen LogP contribution is 2.65. The Balaban J connectivity index is 1.03. The van der Waals surface area contributed by atoms with Gasteiger partial charge in [-0.2, -0.15) is 0 Å². The van der Waals surface area contributed by atoms with E-state index in [0.29, 0.717) is 12.8 Å². The smallest absolute Gasteiger partial charge is 0.238 e. The maximum absolute atomic E-state index is 12.8. The van der Waals surface area contributed by atoms with Gasteiger partial charge in [-0.15, -0.1) is 0 Å². The van der Waals surface area contributed by atoms with Crippen LogP contribution in [0.4, 0.5) is 0 Å². The van der Waals surface area contributed by atoms with Gasteiger partial charge in [0.1, 0.15) is 0 Å². The van der Waals surface area contributed by atoms with Crippen molar-refractivity contribution in [3.8, 4) is 0 Å². The summed E-state index contributed by atoms with van der Waals surface area (Å²) in [5, 5.41) is 0. The van der Waals surface area contributed by atoms with E-state index >= 15 is 0 Å². The zero-order valence-electron chi connectivity index (χ0n) is 17.5. The Labute approximate surface area is 182 Å². The molecule has 2 amide bonds. The number of carbonyl (C=O) groups is 2. The Kier molecular flexibility index (Phi) is 4.26. The molecule has 0 radical (unpaired) electrons. The molecule has 8 fully saturated rings. The molecule has 8 aliphatic carbocycles. The molecule has 8 rings (SSSR count). The van der Waals surface area contributed by atoms with Crippen LogP contribution in [0, 0.1) is 40.4 Å². The van der Waals surface area contributed by atoms with Crippen LogP contribution in [0.15, 0.2) is 0 Å². The largest absolute Gasteiger partial charge is 0.273 e. The number of hydrogen-bond donors (Lipinski definition) is 2. The van der Waals surface area contributed by atoms with Crippen molar-refractivity contribution in [2.75, 3.05) is 0 Å². The molecule has 2 unspecified atom stereocenters. The Bertz CT molecular complexity index is 685. The number of halogens is 1. The van der Waals surface area contributed by atoms with Crippen molar-refractivity contribution < 1.29 is 9.59 Å². The fourth-order valence-electron chi connectivity index (χ4n) is 9.96. The summed E-state index contributed by atoms with van der Waals surface area (Å²) < 4.78 is 0.277. The highest BCUT2D eigenvalue weighted by molar-refractivity contribution is 9.10. The molecule has 2 N–H and O–H groups in total. The molecule has 0 aliphatic heterocycles. The Hall–Kier alpha value is -0.580. The highest BCUT2D eigenvalue weighted by atomic mass is 79.9. The van der Waals surface area contributed by atoms with Crippen molar-refractivity contribution in [2.24, 2.45) is 40.4 Å². The quantitative estimate of drug-likeness (QED) is 0.462. The molecule has 0 saturated heterocycles. The van der Waals surface area contributed by atoms with Crippen molar-refractivity contribution in [2.45, 2.75) is 94.2 Å². The van der Waals surface area contributed by atoms with Gasteiger partial charge in [-0.05, 0) is 117 Å². The van der Waals surface area contributed by atoms with Crippen LogP contribution in [0.2, 0.25) is 0 Å². The average Bonchev–Trinajstić information content (AvgIpc) is 2.55. The number of alkyl halides is 1. The minimum absolute atomic E-state index is 0.0157. The third-order valence-corrected chi connectivity index (χ3v) is 10.6. The zero-order chi connectivity index (χ0) is 19.9. The molecule has 2 atom stereocenters. The second-order valence-corrected chi connectivity index (χ2v) is 14.2. The standard InChI is InChI=1S/C24H35BrN2O2/c25-24-10-18-4-19(11-24)9-23(8-18,14-24)13-21(29)27-26-20(28)12-22-5-15-1-16(6-22)3-17(2-15)7-22/h15-19H,1-14H2,(H,26,28)(H,27,29). The summed E-state index contributed by atoms with van der Waals surface area (Å²) in [5.41, 5.74) is 5.98. The van der Waals surface area contributed by atoms with E-state index in [4.69, 9.17) is 0 Å². The fraction of sp³-hybridized carbons (Fsp3) is 0.917. The molecular weight excluding hydrogens is 428 g/mol. The lowest BCUT2D eigenvalue weighted by Crippen LogP contribution is -2.55. The topological polar surface area (TPSA) is 58.2 Å². The predicted molar refractivity (Wildman–Crippen MR) is 115 cm³/mol. The van der Waals surface area contributed by atoms with Crippen LogP contribution >= 0.6 is 15.9 Å². The van der Waals surface area contributed by atoms with Crippen molar-refractivity contribution in [1.82, 2.24) is 10.9 Å². The van der Waals surface area contributed by atoms with Crippen LogP contribution in [0.25, 0.3) is 0 Å². The number of amides is 2. The lowest BCUT2D eigenvalue weighted by Gasteiger charge is -2.60. The first-order valence-electron chi connectivity index (χ1n) is 12.1. The van der Waals surface area contributed by atoms with Crippen molar-refractivity contribution in [3.05, 3.63) is 0 Å². The van der Waals surface area contributed by atoms with Gasteiger partial charge in [0.2, 0.25) is 11.8 Å². The predicted octanol–water partition coefficient (Wildman–Crippen LogP) is 4.86. The number of nitrogens with one attached hydrogen (secondary N) is 2. The summed E-state index contributed by atoms with van der Waals surface area (Å²) >= 11 is 4.03. The van der Waals surface area contributed by atoms with Crippen LogP contribution in [0.3, 0.4) is 0 Å². The van der Waals surface area contributed by atoms with Crippen LogP contribution in [0.5, 0.6) is 0 Å². The van der Waals surface area contributed by atoms with Gasteiger partial charge in [-0.3, -0.25) is 20.4 Å². The highest BCUT2D eigenvalue weighted by Gasteiger charge is 2.57. The molecule has 8 bridgehead atoms. The molecular formula is C24H35BrN2O2. The molecule has 8 aliphatic rings. The first kappa shape index (κ1) is 19.1. The van der Waals surface area contributed by atoms with E-state index in [1.165, 1.54) is 70.6 Å². The van der Waals surface area contributed by atoms with Gasteiger partial charge in [0, 0.05) is 17.2 Å². The van der Waals surface area contributed by atoms with E-state index in [9.17, 15) is 9.59 Å². The normalized spacial score (nSPS) is 51.3. The minimum atomic E-state index is 0.0157. The molecule has 160 valence electrons. The Morgan fingerprint density at radius 1 is 0.655 bits per heavy atom.